The number of halogens is 3. The lowest BCUT2D eigenvalue weighted by atomic mass is 10.00. The maximum Gasteiger partial charge on any atom is 0.416 e. The number of hydrogen-bond donors (Lipinski definition) is 2. The normalized spacial score (nSPS) is 11.9. The van der Waals surface area contributed by atoms with E-state index in [0.29, 0.717) is 34.0 Å². The van der Waals surface area contributed by atoms with Crippen LogP contribution in [0.15, 0.2) is 84.9 Å². The second-order valence-corrected chi connectivity index (χ2v) is 8.10. The van der Waals surface area contributed by atoms with Gasteiger partial charge in [0.25, 0.3) is 0 Å². The highest BCUT2D eigenvalue weighted by Gasteiger charge is 2.30. The highest BCUT2D eigenvalue weighted by atomic mass is 19.4. The van der Waals surface area contributed by atoms with E-state index >= 15 is 0 Å². The molecule has 1 amide bonds. The molecule has 4 nitrogen and oxygen atoms in total. The van der Waals surface area contributed by atoms with Crippen molar-refractivity contribution in [2.24, 2.45) is 5.73 Å². The number of phenols is 1. The van der Waals surface area contributed by atoms with Gasteiger partial charge in [-0.25, -0.2) is 0 Å². The van der Waals surface area contributed by atoms with E-state index < -0.39 is 17.6 Å². The third-order valence-corrected chi connectivity index (χ3v) is 5.97. The molecule has 7 heteroatoms. The summed E-state index contributed by atoms with van der Waals surface area (Å²) in [4.78, 5) is 12.2. The van der Waals surface area contributed by atoms with Crippen molar-refractivity contribution in [3.63, 3.8) is 0 Å². The van der Waals surface area contributed by atoms with Gasteiger partial charge in [0, 0.05) is 17.5 Å². The largest absolute Gasteiger partial charge is 0.507 e. The first-order chi connectivity index (χ1) is 16.2. The van der Waals surface area contributed by atoms with Crippen LogP contribution in [-0.4, -0.2) is 15.6 Å². The average molecular weight is 460 g/mol. The van der Waals surface area contributed by atoms with Crippen molar-refractivity contribution in [3.05, 3.63) is 102 Å². The summed E-state index contributed by atoms with van der Waals surface area (Å²) in [6.07, 6.45) is -4.43. The number of aromatic nitrogens is 1. The molecule has 0 aliphatic carbocycles. The average Bonchev–Trinajstić information content (AvgIpc) is 3.13. The highest BCUT2D eigenvalue weighted by molar-refractivity contribution is 6.20. The van der Waals surface area contributed by atoms with Gasteiger partial charge in [0.05, 0.1) is 22.0 Å². The first-order valence-corrected chi connectivity index (χ1v) is 10.5. The van der Waals surface area contributed by atoms with Gasteiger partial charge in [-0.3, -0.25) is 4.79 Å². The van der Waals surface area contributed by atoms with E-state index in [2.05, 4.69) is 0 Å². The van der Waals surface area contributed by atoms with Gasteiger partial charge in [-0.1, -0.05) is 48.5 Å². The molecule has 5 rings (SSSR count). The summed E-state index contributed by atoms with van der Waals surface area (Å²) < 4.78 is 41.0. The molecule has 0 radical (unpaired) electrons. The molecule has 1 heterocycles. The maximum atomic E-state index is 13.0. The third-order valence-electron chi connectivity index (χ3n) is 5.97. The molecule has 0 spiro atoms. The Morgan fingerprint density at radius 3 is 2.18 bits per heavy atom. The Labute approximate surface area is 192 Å². The molecule has 0 aliphatic heterocycles. The number of fused-ring (bicyclic) bond motifs is 3. The lowest BCUT2D eigenvalue weighted by Crippen LogP contribution is -2.11. The van der Waals surface area contributed by atoms with E-state index in [0.717, 1.165) is 23.2 Å². The molecule has 3 N–H and O–H groups in total. The van der Waals surface area contributed by atoms with Crippen LogP contribution in [0.1, 0.15) is 21.5 Å². The summed E-state index contributed by atoms with van der Waals surface area (Å²) in [5, 5.41) is 12.0. The zero-order valence-corrected chi connectivity index (χ0v) is 17.8. The summed E-state index contributed by atoms with van der Waals surface area (Å²) in [7, 11) is 0. The standard InChI is InChI=1S/C27H19F3N2O2/c28-27(29,30)19-11-9-17(10-12-19)18-13-22-25(23(33)14-18)24-20(26(31)34)7-4-8-21(24)32(22)15-16-5-2-1-3-6-16/h1-14,33H,15H2,(H2,31,34). The molecule has 0 bridgehead atoms. The van der Waals surface area contributed by atoms with E-state index in [1.807, 2.05) is 47.0 Å². The Balaban J connectivity index is 1.78. The van der Waals surface area contributed by atoms with Gasteiger partial charge in [0.2, 0.25) is 5.91 Å². The monoisotopic (exact) mass is 460 g/mol. The van der Waals surface area contributed by atoms with Crippen molar-refractivity contribution >= 4 is 27.7 Å². The summed E-state index contributed by atoms with van der Waals surface area (Å²) in [6.45, 7) is 0.457. The van der Waals surface area contributed by atoms with Crippen LogP contribution in [0.4, 0.5) is 13.2 Å². The van der Waals surface area contributed by atoms with Crippen molar-refractivity contribution in [2.75, 3.05) is 0 Å². The lowest BCUT2D eigenvalue weighted by molar-refractivity contribution is -0.137. The molecule has 170 valence electrons. The number of alkyl halides is 3. The Kier molecular flexibility index (Phi) is 5.05. The number of benzene rings is 4. The number of aromatic hydroxyl groups is 1. The number of rotatable bonds is 4. The first-order valence-electron chi connectivity index (χ1n) is 10.5. The number of carbonyl (C=O) groups is 1. The fraction of sp³-hybridized carbons (Fsp3) is 0.0741. The number of phenolic OH excluding ortho intramolecular Hbond substituents is 1. The molecule has 0 atom stereocenters. The van der Waals surface area contributed by atoms with E-state index in [4.69, 9.17) is 5.73 Å². The molecule has 0 unspecified atom stereocenters. The number of nitrogens with two attached hydrogens (primary N) is 1. The first kappa shape index (κ1) is 21.6. The topological polar surface area (TPSA) is 68.2 Å². The molecule has 0 saturated carbocycles. The van der Waals surface area contributed by atoms with Crippen molar-refractivity contribution in [3.8, 4) is 16.9 Å². The van der Waals surface area contributed by atoms with Gasteiger partial charge >= 0.3 is 6.18 Å². The minimum Gasteiger partial charge on any atom is -0.507 e. The molecule has 34 heavy (non-hydrogen) atoms. The van der Waals surface area contributed by atoms with Crippen LogP contribution in [0.3, 0.4) is 0 Å². The predicted molar refractivity (Wildman–Crippen MR) is 126 cm³/mol. The summed E-state index contributed by atoms with van der Waals surface area (Å²) in [5.74, 6) is -0.700. The van der Waals surface area contributed by atoms with Gasteiger partial charge in [-0.2, -0.15) is 13.2 Å². The molecule has 4 aromatic carbocycles. The van der Waals surface area contributed by atoms with Gasteiger partial charge in [-0.15, -0.1) is 0 Å². The zero-order chi connectivity index (χ0) is 24.0. The minimum atomic E-state index is -4.43. The van der Waals surface area contributed by atoms with Gasteiger partial charge in [0.15, 0.2) is 0 Å². The summed E-state index contributed by atoms with van der Waals surface area (Å²) in [6, 6.07) is 23.0. The van der Waals surface area contributed by atoms with E-state index in [1.54, 1.807) is 12.1 Å². The van der Waals surface area contributed by atoms with Crippen LogP contribution in [0.2, 0.25) is 0 Å². The Morgan fingerprint density at radius 1 is 0.824 bits per heavy atom. The fourth-order valence-electron chi connectivity index (χ4n) is 4.40. The second kappa shape index (κ2) is 7.95. The number of amides is 1. The quantitative estimate of drug-likeness (QED) is 0.329. The van der Waals surface area contributed by atoms with E-state index in [1.165, 1.54) is 18.2 Å². The van der Waals surface area contributed by atoms with Crippen LogP contribution in [-0.2, 0) is 12.7 Å². The van der Waals surface area contributed by atoms with Gasteiger partial charge in [-0.05, 0) is 53.1 Å². The highest BCUT2D eigenvalue weighted by Crippen LogP contribution is 2.41. The van der Waals surface area contributed by atoms with Crippen LogP contribution in [0.25, 0.3) is 32.9 Å². The minimum absolute atomic E-state index is 0.0853. The van der Waals surface area contributed by atoms with Crippen molar-refractivity contribution in [2.45, 2.75) is 12.7 Å². The summed E-state index contributed by atoms with van der Waals surface area (Å²) >= 11 is 0. The van der Waals surface area contributed by atoms with Crippen LogP contribution in [0.5, 0.6) is 5.75 Å². The Morgan fingerprint density at radius 2 is 1.53 bits per heavy atom. The van der Waals surface area contributed by atoms with Gasteiger partial charge < -0.3 is 15.4 Å². The predicted octanol–water partition coefficient (Wildman–Crippen LogP) is 6.33. The van der Waals surface area contributed by atoms with Crippen molar-refractivity contribution in [1.82, 2.24) is 4.57 Å². The zero-order valence-electron chi connectivity index (χ0n) is 17.8. The number of carbonyl (C=O) groups excluding carboxylic acids is 1. The van der Waals surface area contributed by atoms with E-state index in [9.17, 15) is 23.1 Å². The molecular weight excluding hydrogens is 441 g/mol. The number of hydrogen-bond acceptors (Lipinski definition) is 2. The van der Waals surface area contributed by atoms with Gasteiger partial charge in [0.1, 0.15) is 5.75 Å². The van der Waals surface area contributed by atoms with Crippen LogP contribution < -0.4 is 5.73 Å². The summed E-state index contributed by atoms with van der Waals surface area (Å²) in [5.41, 5.74) is 8.61. The molecular formula is C27H19F3N2O2. The molecule has 5 aromatic rings. The van der Waals surface area contributed by atoms with Crippen molar-refractivity contribution in [1.29, 1.82) is 0 Å². The number of primary amides is 1. The Bertz CT molecular complexity index is 1540. The van der Waals surface area contributed by atoms with Crippen LogP contribution in [0, 0.1) is 0 Å². The van der Waals surface area contributed by atoms with E-state index in [-0.39, 0.29) is 11.3 Å². The van der Waals surface area contributed by atoms with Crippen molar-refractivity contribution < 1.29 is 23.1 Å². The maximum absolute atomic E-state index is 13.0. The lowest BCUT2D eigenvalue weighted by Gasteiger charge is -2.11. The fourth-order valence-corrected chi connectivity index (χ4v) is 4.40. The number of nitrogens with zero attached hydrogens (tertiary/aromatic N) is 1. The second-order valence-electron chi connectivity index (χ2n) is 8.10. The molecule has 0 saturated heterocycles. The Hall–Kier alpha value is -4.26. The molecule has 1 aromatic heterocycles. The molecule has 0 aliphatic rings. The SMILES string of the molecule is NC(=O)c1cccc2c1c1c(O)cc(-c3ccc(C(F)(F)F)cc3)cc1n2Cc1ccccc1. The smallest absolute Gasteiger partial charge is 0.416 e. The van der Waals surface area contributed by atoms with Crippen LogP contribution >= 0.6 is 0 Å². The third kappa shape index (κ3) is 3.65. The molecule has 0 fully saturated rings.